The van der Waals surface area contributed by atoms with Gasteiger partial charge in [-0.2, -0.15) is 0 Å². The molecular formula is C15H20ClNO. The zero-order valence-corrected chi connectivity index (χ0v) is 11.6. The molecule has 1 fully saturated rings. The average Bonchev–Trinajstić information content (AvgIpc) is 2.63. The summed E-state index contributed by atoms with van der Waals surface area (Å²) in [5.41, 5.74) is 1.72. The molecule has 1 unspecified atom stereocenters. The predicted octanol–water partition coefficient (Wildman–Crippen LogP) is 4.31. The van der Waals surface area contributed by atoms with Crippen LogP contribution in [0.3, 0.4) is 0 Å². The van der Waals surface area contributed by atoms with Crippen molar-refractivity contribution in [1.29, 1.82) is 0 Å². The Balaban J connectivity index is 2.29. The molecule has 1 aromatic rings. The molecule has 1 atom stereocenters. The molecule has 98 valence electrons. The monoisotopic (exact) mass is 265 g/mol. The first-order chi connectivity index (χ1) is 8.76. The van der Waals surface area contributed by atoms with Crippen molar-refractivity contribution in [3.8, 4) is 0 Å². The fourth-order valence-electron chi connectivity index (χ4n) is 2.75. The number of nitrogens with zero attached hydrogens (tertiary/aromatic N) is 1. The number of carbonyl (C=O) groups excluding carboxylic acids is 1. The standard InChI is InChI=1S/C15H20ClNO/c1-2-13-6-4-3-5-9-17(13)15-8-7-12(11-18)10-14(15)16/h7-8,10-11,13H,2-6,9H2,1H3. The summed E-state index contributed by atoms with van der Waals surface area (Å²) in [6.45, 7) is 3.30. The van der Waals surface area contributed by atoms with Crippen molar-refractivity contribution in [2.45, 2.75) is 45.1 Å². The number of aldehydes is 1. The summed E-state index contributed by atoms with van der Waals surface area (Å²) in [6.07, 6.45) is 7.06. The van der Waals surface area contributed by atoms with E-state index >= 15 is 0 Å². The molecule has 1 aromatic carbocycles. The van der Waals surface area contributed by atoms with E-state index < -0.39 is 0 Å². The predicted molar refractivity (Wildman–Crippen MR) is 76.7 cm³/mol. The highest BCUT2D eigenvalue weighted by Crippen LogP contribution is 2.32. The summed E-state index contributed by atoms with van der Waals surface area (Å²) in [5.74, 6) is 0. The van der Waals surface area contributed by atoms with Gasteiger partial charge in [0.25, 0.3) is 0 Å². The average molecular weight is 266 g/mol. The smallest absolute Gasteiger partial charge is 0.150 e. The quantitative estimate of drug-likeness (QED) is 0.759. The minimum Gasteiger partial charge on any atom is -0.367 e. The number of anilines is 1. The second-order valence-electron chi connectivity index (χ2n) is 4.93. The SMILES string of the molecule is CCC1CCCCCN1c1ccc(C=O)cc1Cl. The van der Waals surface area contributed by atoms with Crippen LogP contribution in [-0.2, 0) is 0 Å². The van der Waals surface area contributed by atoms with E-state index in [1.165, 1.54) is 25.7 Å². The lowest BCUT2D eigenvalue weighted by Gasteiger charge is -2.32. The largest absolute Gasteiger partial charge is 0.367 e. The molecule has 0 aromatic heterocycles. The summed E-state index contributed by atoms with van der Waals surface area (Å²) in [6, 6.07) is 6.18. The van der Waals surface area contributed by atoms with Gasteiger partial charge >= 0.3 is 0 Å². The number of hydrogen-bond donors (Lipinski definition) is 0. The van der Waals surface area contributed by atoms with Gasteiger partial charge in [-0.1, -0.05) is 31.4 Å². The maximum Gasteiger partial charge on any atom is 0.150 e. The van der Waals surface area contributed by atoms with Crippen molar-refractivity contribution in [3.05, 3.63) is 28.8 Å². The van der Waals surface area contributed by atoms with Crippen LogP contribution in [0.1, 0.15) is 49.4 Å². The van der Waals surface area contributed by atoms with Crippen LogP contribution in [0, 0.1) is 0 Å². The summed E-state index contributed by atoms with van der Waals surface area (Å²) < 4.78 is 0. The van der Waals surface area contributed by atoms with Crippen LogP contribution in [0.25, 0.3) is 0 Å². The van der Waals surface area contributed by atoms with E-state index in [9.17, 15) is 4.79 Å². The van der Waals surface area contributed by atoms with Crippen LogP contribution in [0.4, 0.5) is 5.69 Å². The van der Waals surface area contributed by atoms with Crippen LogP contribution in [0.2, 0.25) is 5.02 Å². The molecule has 0 spiro atoms. The van der Waals surface area contributed by atoms with E-state index in [1.807, 2.05) is 12.1 Å². The third-order valence-electron chi connectivity index (χ3n) is 3.77. The van der Waals surface area contributed by atoms with Gasteiger partial charge < -0.3 is 4.90 Å². The fraction of sp³-hybridized carbons (Fsp3) is 0.533. The Morgan fingerprint density at radius 2 is 2.22 bits per heavy atom. The van der Waals surface area contributed by atoms with Crippen molar-refractivity contribution in [1.82, 2.24) is 0 Å². The van der Waals surface area contributed by atoms with Gasteiger partial charge in [-0.05, 0) is 37.5 Å². The first-order valence-corrected chi connectivity index (χ1v) is 7.15. The van der Waals surface area contributed by atoms with Crippen molar-refractivity contribution < 1.29 is 4.79 Å². The molecule has 0 saturated carbocycles. The number of rotatable bonds is 3. The second kappa shape index (κ2) is 6.24. The highest BCUT2D eigenvalue weighted by Gasteiger charge is 2.21. The lowest BCUT2D eigenvalue weighted by atomic mass is 10.1. The molecule has 1 saturated heterocycles. The van der Waals surface area contributed by atoms with Gasteiger partial charge in [-0.3, -0.25) is 4.79 Å². The first kappa shape index (κ1) is 13.4. The summed E-state index contributed by atoms with van der Waals surface area (Å²) >= 11 is 6.32. The first-order valence-electron chi connectivity index (χ1n) is 6.77. The van der Waals surface area contributed by atoms with E-state index in [-0.39, 0.29) is 0 Å². The Bertz CT molecular complexity index is 419. The van der Waals surface area contributed by atoms with Gasteiger partial charge in [-0.25, -0.2) is 0 Å². The molecule has 2 nitrogen and oxygen atoms in total. The highest BCUT2D eigenvalue weighted by atomic mass is 35.5. The molecule has 2 rings (SSSR count). The summed E-state index contributed by atoms with van der Waals surface area (Å²) in [5, 5.41) is 0.694. The number of carbonyl (C=O) groups is 1. The normalized spacial score (nSPS) is 20.6. The zero-order chi connectivity index (χ0) is 13.0. The van der Waals surface area contributed by atoms with Gasteiger partial charge in [0.1, 0.15) is 6.29 Å². The third kappa shape index (κ3) is 2.86. The van der Waals surface area contributed by atoms with Crippen molar-refractivity contribution in [3.63, 3.8) is 0 Å². The maximum atomic E-state index is 10.7. The Labute approximate surface area is 114 Å². The molecule has 0 N–H and O–H groups in total. The van der Waals surface area contributed by atoms with Crippen molar-refractivity contribution in [2.24, 2.45) is 0 Å². The molecule has 3 heteroatoms. The van der Waals surface area contributed by atoms with Crippen LogP contribution >= 0.6 is 11.6 Å². The zero-order valence-electron chi connectivity index (χ0n) is 10.9. The molecule has 0 radical (unpaired) electrons. The summed E-state index contributed by atoms with van der Waals surface area (Å²) in [4.78, 5) is 13.2. The van der Waals surface area contributed by atoms with Crippen LogP contribution in [0.5, 0.6) is 0 Å². The van der Waals surface area contributed by atoms with Crippen molar-refractivity contribution in [2.75, 3.05) is 11.4 Å². The second-order valence-corrected chi connectivity index (χ2v) is 5.34. The van der Waals surface area contributed by atoms with Crippen LogP contribution in [0.15, 0.2) is 18.2 Å². The molecule has 0 bridgehead atoms. The van der Waals surface area contributed by atoms with Gasteiger partial charge in [0.2, 0.25) is 0 Å². The van der Waals surface area contributed by atoms with Gasteiger partial charge in [0, 0.05) is 18.2 Å². The van der Waals surface area contributed by atoms with Gasteiger partial charge in [0.05, 0.1) is 10.7 Å². The van der Waals surface area contributed by atoms with E-state index in [2.05, 4.69) is 11.8 Å². The number of hydrogen-bond acceptors (Lipinski definition) is 2. The Morgan fingerprint density at radius 3 is 2.89 bits per heavy atom. The van der Waals surface area contributed by atoms with Crippen molar-refractivity contribution >= 4 is 23.6 Å². The van der Waals surface area contributed by atoms with Gasteiger partial charge in [0.15, 0.2) is 0 Å². The van der Waals surface area contributed by atoms with E-state index in [1.54, 1.807) is 6.07 Å². The van der Waals surface area contributed by atoms with E-state index in [4.69, 9.17) is 11.6 Å². The fourth-order valence-corrected chi connectivity index (χ4v) is 3.05. The minimum absolute atomic E-state index is 0.576. The molecule has 0 aliphatic carbocycles. The lowest BCUT2D eigenvalue weighted by molar-refractivity contribution is 0.112. The Kier molecular flexibility index (Phi) is 4.65. The molecule has 18 heavy (non-hydrogen) atoms. The van der Waals surface area contributed by atoms with Crippen LogP contribution < -0.4 is 4.90 Å². The number of halogens is 1. The van der Waals surface area contributed by atoms with E-state index in [0.717, 1.165) is 24.9 Å². The number of benzene rings is 1. The van der Waals surface area contributed by atoms with Crippen LogP contribution in [-0.4, -0.2) is 18.9 Å². The van der Waals surface area contributed by atoms with E-state index in [0.29, 0.717) is 16.6 Å². The Hall–Kier alpha value is -1.02. The molecular weight excluding hydrogens is 246 g/mol. The minimum atomic E-state index is 0.576. The molecule has 0 amide bonds. The summed E-state index contributed by atoms with van der Waals surface area (Å²) in [7, 11) is 0. The van der Waals surface area contributed by atoms with Gasteiger partial charge in [-0.15, -0.1) is 0 Å². The topological polar surface area (TPSA) is 20.3 Å². The maximum absolute atomic E-state index is 10.7. The highest BCUT2D eigenvalue weighted by molar-refractivity contribution is 6.33. The Morgan fingerprint density at radius 1 is 1.39 bits per heavy atom. The third-order valence-corrected chi connectivity index (χ3v) is 4.07. The molecule has 1 heterocycles. The molecule has 1 aliphatic heterocycles. The molecule has 1 aliphatic rings. The lowest BCUT2D eigenvalue weighted by Crippen LogP contribution is -2.34.